The highest BCUT2D eigenvalue weighted by molar-refractivity contribution is 5.69. The summed E-state index contributed by atoms with van der Waals surface area (Å²) in [4.78, 5) is 11.1. The molecule has 0 atom stereocenters. The van der Waals surface area contributed by atoms with E-state index in [4.69, 9.17) is 4.74 Å². The molecule has 118 valence electrons. The molecule has 0 saturated heterocycles. The Kier molecular flexibility index (Phi) is 6.40. The Balaban J connectivity index is 2.01. The minimum absolute atomic E-state index is 0.190. The zero-order valence-corrected chi connectivity index (χ0v) is 13.5. The molecule has 0 aliphatic carbocycles. The van der Waals surface area contributed by atoms with Gasteiger partial charge >= 0.3 is 5.97 Å². The first-order valence-electron chi connectivity index (χ1n) is 7.47. The number of carbonyl (C=O) groups is 1. The van der Waals surface area contributed by atoms with E-state index in [1.807, 2.05) is 48.5 Å². The minimum atomic E-state index is -0.190. The van der Waals surface area contributed by atoms with Crippen molar-refractivity contribution in [3.05, 3.63) is 70.8 Å². The SMILES string of the molecule is COCc1cccc(C#Cc2ccc(CCC(=O)OC)cc2)c1. The van der Waals surface area contributed by atoms with Gasteiger partial charge in [-0.3, -0.25) is 4.79 Å². The number of methoxy groups -OCH3 is 2. The van der Waals surface area contributed by atoms with Gasteiger partial charge in [0.05, 0.1) is 13.7 Å². The van der Waals surface area contributed by atoms with Gasteiger partial charge in [-0.05, 0) is 41.8 Å². The maximum absolute atomic E-state index is 11.1. The molecule has 2 aromatic carbocycles. The zero-order chi connectivity index (χ0) is 16.5. The van der Waals surface area contributed by atoms with E-state index in [9.17, 15) is 4.79 Å². The van der Waals surface area contributed by atoms with Crippen molar-refractivity contribution in [1.82, 2.24) is 0 Å². The van der Waals surface area contributed by atoms with E-state index >= 15 is 0 Å². The number of carbonyl (C=O) groups excluding carboxylic acids is 1. The van der Waals surface area contributed by atoms with Gasteiger partial charge in [0.15, 0.2) is 0 Å². The second-order valence-corrected chi connectivity index (χ2v) is 5.16. The van der Waals surface area contributed by atoms with Crippen molar-refractivity contribution in [2.45, 2.75) is 19.4 Å². The van der Waals surface area contributed by atoms with Crippen LogP contribution in [0.2, 0.25) is 0 Å². The van der Waals surface area contributed by atoms with Gasteiger partial charge < -0.3 is 9.47 Å². The zero-order valence-electron chi connectivity index (χ0n) is 13.5. The summed E-state index contributed by atoms with van der Waals surface area (Å²) in [5, 5.41) is 0. The Morgan fingerprint density at radius 3 is 2.39 bits per heavy atom. The molecule has 0 aliphatic rings. The standard InChI is InChI=1S/C20H20O3/c1-22-15-19-5-3-4-18(14-19)11-10-16-6-8-17(9-7-16)12-13-20(21)23-2/h3-9,14H,12-13,15H2,1-2H3. The van der Waals surface area contributed by atoms with Crippen LogP contribution in [0.25, 0.3) is 0 Å². The van der Waals surface area contributed by atoms with E-state index in [0.29, 0.717) is 19.4 Å². The van der Waals surface area contributed by atoms with Gasteiger partial charge in [-0.15, -0.1) is 0 Å². The van der Waals surface area contributed by atoms with Crippen molar-refractivity contribution >= 4 is 5.97 Å². The summed E-state index contributed by atoms with van der Waals surface area (Å²) in [6.45, 7) is 0.588. The monoisotopic (exact) mass is 308 g/mol. The van der Waals surface area contributed by atoms with Gasteiger partial charge in [-0.1, -0.05) is 36.1 Å². The quantitative estimate of drug-likeness (QED) is 0.628. The largest absolute Gasteiger partial charge is 0.469 e. The maximum Gasteiger partial charge on any atom is 0.305 e. The molecule has 0 heterocycles. The third-order valence-corrected chi connectivity index (χ3v) is 3.39. The van der Waals surface area contributed by atoms with Gasteiger partial charge in [-0.2, -0.15) is 0 Å². The fourth-order valence-electron chi connectivity index (χ4n) is 2.15. The van der Waals surface area contributed by atoms with Crippen molar-refractivity contribution in [2.75, 3.05) is 14.2 Å². The highest BCUT2D eigenvalue weighted by Crippen LogP contribution is 2.08. The van der Waals surface area contributed by atoms with Crippen LogP contribution in [-0.4, -0.2) is 20.2 Å². The van der Waals surface area contributed by atoms with E-state index in [1.54, 1.807) is 7.11 Å². The Morgan fingerprint density at radius 2 is 1.70 bits per heavy atom. The van der Waals surface area contributed by atoms with Crippen LogP contribution in [0, 0.1) is 11.8 Å². The third-order valence-electron chi connectivity index (χ3n) is 3.39. The molecule has 0 bridgehead atoms. The van der Waals surface area contributed by atoms with Crippen LogP contribution < -0.4 is 0 Å². The summed E-state index contributed by atoms with van der Waals surface area (Å²) in [6, 6.07) is 15.9. The molecule has 0 spiro atoms. The summed E-state index contributed by atoms with van der Waals surface area (Å²) < 4.78 is 9.77. The molecule has 0 saturated carbocycles. The van der Waals surface area contributed by atoms with Crippen molar-refractivity contribution in [3.63, 3.8) is 0 Å². The average Bonchev–Trinajstić information content (AvgIpc) is 2.59. The molecule has 3 nitrogen and oxygen atoms in total. The molecule has 23 heavy (non-hydrogen) atoms. The smallest absolute Gasteiger partial charge is 0.305 e. The molecule has 0 fully saturated rings. The predicted molar refractivity (Wildman–Crippen MR) is 89.9 cm³/mol. The lowest BCUT2D eigenvalue weighted by Gasteiger charge is -2.01. The summed E-state index contributed by atoms with van der Waals surface area (Å²) in [6.07, 6.45) is 1.08. The first-order chi connectivity index (χ1) is 11.2. The molecule has 0 aromatic heterocycles. The van der Waals surface area contributed by atoms with Crippen LogP contribution in [0.1, 0.15) is 28.7 Å². The van der Waals surface area contributed by atoms with E-state index in [1.165, 1.54) is 7.11 Å². The molecule has 2 aromatic rings. The topological polar surface area (TPSA) is 35.5 Å². The second-order valence-electron chi connectivity index (χ2n) is 5.16. The van der Waals surface area contributed by atoms with E-state index in [0.717, 1.165) is 22.3 Å². The van der Waals surface area contributed by atoms with Crippen LogP contribution in [0.3, 0.4) is 0 Å². The van der Waals surface area contributed by atoms with Gasteiger partial charge in [0.2, 0.25) is 0 Å². The molecule has 0 aliphatic heterocycles. The number of hydrogen-bond donors (Lipinski definition) is 0. The number of aryl methyl sites for hydroxylation is 1. The lowest BCUT2D eigenvalue weighted by atomic mass is 10.1. The predicted octanol–water partition coefficient (Wildman–Crippen LogP) is 3.34. The molecular formula is C20H20O3. The minimum Gasteiger partial charge on any atom is -0.469 e. The lowest BCUT2D eigenvalue weighted by molar-refractivity contribution is -0.140. The number of hydrogen-bond acceptors (Lipinski definition) is 3. The second kappa shape index (κ2) is 8.77. The van der Waals surface area contributed by atoms with Crippen LogP contribution >= 0.6 is 0 Å². The van der Waals surface area contributed by atoms with Gasteiger partial charge in [0, 0.05) is 24.7 Å². The van der Waals surface area contributed by atoms with E-state index in [-0.39, 0.29) is 5.97 Å². The fourth-order valence-corrected chi connectivity index (χ4v) is 2.15. The van der Waals surface area contributed by atoms with Crippen LogP contribution in [0.5, 0.6) is 0 Å². The summed E-state index contributed by atoms with van der Waals surface area (Å²) >= 11 is 0. The van der Waals surface area contributed by atoms with Crippen LogP contribution in [0.15, 0.2) is 48.5 Å². The first kappa shape index (κ1) is 16.8. The van der Waals surface area contributed by atoms with Gasteiger partial charge in [0.1, 0.15) is 0 Å². The van der Waals surface area contributed by atoms with E-state index in [2.05, 4.69) is 16.6 Å². The molecule has 0 radical (unpaired) electrons. The summed E-state index contributed by atoms with van der Waals surface area (Å²) in [5.41, 5.74) is 4.12. The third kappa shape index (κ3) is 5.61. The lowest BCUT2D eigenvalue weighted by Crippen LogP contribution is -2.01. The molecule has 0 amide bonds. The van der Waals surface area contributed by atoms with Gasteiger partial charge in [-0.25, -0.2) is 0 Å². The van der Waals surface area contributed by atoms with Crippen LogP contribution in [-0.2, 0) is 27.3 Å². The Morgan fingerprint density at radius 1 is 0.957 bits per heavy atom. The Hall–Kier alpha value is -2.57. The number of benzene rings is 2. The highest BCUT2D eigenvalue weighted by atomic mass is 16.5. The summed E-state index contributed by atoms with van der Waals surface area (Å²) in [7, 11) is 3.09. The van der Waals surface area contributed by atoms with Crippen molar-refractivity contribution in [2.24, 2.45) is 0 Å². The molecule has 0 unspecified atom stereocenters. The Labute approximate surface area is 137 Å². The normalized spacial score (nSPS) is 9.83. The fraction of sp³-hybridized carbons (Fsp3) is 0.250. The van der Waals surface area contributed by atoms with E-state index < -0.39 is 0 Å². The van der Waals surface area contributed by atoms with Crippen molar-refractivity contribution < 1.29 is 14.3 Å². The highest BCUT2D eigenvalue weighted by Gasteiger charge is 2.01. The van der Waals surface area contributed by atoms with Crippen LogP contribution in [0.4, 0.5) is 0 Å². The Bertz CT molecular complexity index is 706. The number of esters is 1. The number of rotatable bonds is 5. The molecule has 0 N–H and O–H groups in total. The first-order valence-corrected chi connectivity index (χ1v) is 7.47. The van der Waals surface area contributed by atoms with Crippen molar-refractivity contribution in [3.8, 4) is 11.8 Å². The van der Waals surface area contributed by atoms with Crippen molar-refractivity contribution in [1.29, 1.82) is 0 Å². The molecular weight excluding hydrogens is 288 g/mol. The summed E-state index contributed by atoms with van der Waals surface area (Å²) in [5.74, 6) is 6.12. The average molecular weight is 308 g/mol. The molecule has 2 rings (SSSR count). The molecule has 3 heteroatoms. The maximum atomic E-state index is 11.1. The number of ether oxygens (including phenoxy) is 2. The van der Waals surface area contributed by atoms with Gasteiger partial charge in [0.25, 0.3) is 0 Å².